The van der Waals surface area contributed by atoms with Gasteiger partial charge in [0.25, 0.3) is 0 Å². The summed E-state index contributed by atoms with van der Waals surface area (Å²) in [5, 5.41) is 19.4. The molecule has 0 aromatic rings. The van der Waals surface area contributed by atoms with Gasteiger partial charge in [-0.3, -0.25) is 0 Å². The van der Waals surface area contributed by atoms with Crippen molar-refractivity contribution in [1.82, 2.24) is 0 Å². The number of aliphatic carboxylic acids is 2. The van der Waals surface area contributed by atoms with E-state index in [2.05, 4.69) is 0 Å². The SMILES string of the molecule is CC(C)CC(=O)[O-].CC(C)CC(=O)[O-].[Sn+2]. The Morgan fingerprint density at radius 3 is 1.07 bits per heavy atom. The van der Waals surface area contributed by atoms with Gasteiger partial charge in [-0.25, -0.2) is 0 Å². The van der Waals surface area contributed by atoms with Crippen molar-refractivity contribution in [3.8, 4) is 0 Å². The molecule has 0 aromatic heterocycles. The Hall–Kier alpha value is -0.261. The fourth-order valence-electron chi connectivity index (χ4n) is 0.667. The second-order valence-corrected chi connectivity index (χ2v) is 3.94. The number of carbonyl (C=O) groups is 2. The average molecular weight is 321 g/mol. The van der Waals surface area contributed by atoms with E-state index in [0.29, 0.717) is 0 Å². The average Bonchev–Trinajstić information content (AvgIpc) is 1.79. The van der Waals surface area contributed by atoms with Gasteiger partial charge in [0, 0.05) is 11.9 Å². The zero-order valence-corrected chi connectivity index (χ0v) is 12.6. The molecular formula is C10H18O4Sn. The molecule has 0 rings (SSSR count). The van der Waals surface area contributed by atoms with Crippen LogP contribution in [-0.2, 0) is 9.59 Å². The Labute approximate surface area is 108 Å². The number of carboxylic acids is 2. The molecule has 2 radical (unpaired) electrons. The molecule has 0 saturated heterocycles. The van der Waals surface area contributed by atoms with E-state index >= 15 is 0 Å². The summed E-state index contributed by atoms with van der Waals surface area (Å²) in [4.78, 5) is 19.4. The van der Waals surface area contributed by atoms with Crippen molar-refractivity contribution in [3.63, 3.8) is 0 Å². The molecule has 0 atom stereocenters. The van der Waals surface area contributed by atoms with Crippen molar-refractivity contribution in [2.45, 2.75) is 40.5 Å². The monoisotopic (exact) mass is 322 g/mol. The van der Waals surface area contributed by atoms with Crippen LogP contribution in [0.15, 0.2) is 0 Å². The maximum atomic E-state index is 9.70. The van der Waals surface area contributed by atoms with Crippen LogP contribution < -0.4 is 10.2 Å². The van der Waals surface area contributed by atoms with Crippen molar-refractivity contribution in [2.24, 2.45) is 11.8 Å². The van der Waals surface area contributed by atoms with E-state index in [1.165, 1.54) is 0 Å². The molecule has 0 aliphatic carbocycles. The summed E-state index contributed by atoms with van der Waals surface area (Å²) in [6, 6.07) is 0. The summed E-state index contributed by atoms with van der Waals surface area (Å²) in [5.74, 6) is -1.50. The second-order valence-electron chi connectivity index (χ2n) is 3.94. The van der Waals surface area contributed by atoms with E-state index in [1.54, 1.807) is 0 Å². The molecule has 5 heteroatoms. The molecule has 0 fully saturated rings. The van der Waals surface area contributed by atoms with Crippen molar-refractivity contribution >= 4 is 35.8 Å². The van der Waals surface area contributed by atoms with Gasteiger partial charge in [-0.2, -0.15) is 0 Å². The molecule has 4 nitrogen and oxygen atoms in total. The quantitative estimate of drug-likeness (QED) is 0.634. The van der Waals surface area contributed by atoms with Crippen molar-refractivity contribution in [2.75, 3.05) is 0 Å². The summed E-state index contributed by atoms with van der Waals surface area (Å²) in [7, 11) is 0. The third kappa shape index (κ3) is 31.6. The summed E-state index contributed by atoms with van der Waals surface area (Å²) in [6.45, 7) is 7.37. The first-order valence-corrected chi connectivity index (χ1v) is 4.65. The normalized spacial score (nSPS) is 8.93. The number of hydrogen-bond donors (Lipinski definition) is 0. The Morgan fingerprint density at radius 2 is 1.07 bits per heavy atom. The number of rotatable bonds is 4. The van der Waals surface area contributed by atoms with Crippen LogP contribution >= 0.6 is 0 Å². The summed E-state index contributed by atoms with van der Waals surface area (Å²) >= 11 is 0. The maximum absolute atomic E-state index is 9.70. The van der Waals surface area contributed by atoms with Crippen LogP contribution in [0, 0.1) is 11.8 Å². The van der Waals surface area contributed by atoms with E-state index in [1.807, 2.05) is 27.7 Å². The van der Waals surface area contributed by atoms with Crippen LogP contribution in [-0.4, -0.2) is 35.8 Å². The summed E-state index contributed by atoms with van der Waals surface area (Å²) in [5.41, 5.74) is 0. The molecule has 86 valence electrons. The van der Waals surface area contributed by atoms with Crippen LogP contribution in [0.1, 0.15) is 40.5 Å². The minimum absolute atomic E-state index is 0. The minimum atomic E-state index is -0.963. The molecule has 0 aromatic carbocycles. The van der Waals surface area contributed by atoms with Gasteiger partial charge >= 0.3 is 23.9 Å². The van der Waals surface area contributed by atoms with Gasteiger partial charge in [-0.15, -0.1) is 0 Å². The van der Waals surface area contributed by atoms with Gasteiger partial charge < -0.3 is 19.8 Å². The van der Waals surface area contributed by atoms with Crippen molar-refractivity contribution in [3.05, 3.63) is 0 Å². The predicted octanol–water partition coefficient (Wildman–Crippen LogP) is -0.816. The molecule has 0 saturated carbocycles. The molecule has 0 bridgehead atoms. The van der Waals surface area contributed by atoms with E-state index in [9.17, 15) is 19.8 Å². The Kier molecular flexibility index (Phi) is 15.9. The van der Waals surface area contributed by atoms with Crippen LogP contribution in [0.25, 0.3) is 0 Å². The molecule has 0 aliphatic rings. The standard InChI is InChI=1S/2C5H10O2.Sn/c2*1-4(2)3-5(6)7;/h2*4H,3H2,1-2H3,(H,6,7);/q;;+2/p-2. The molecule has 0 N–H and O–H groups in total. The Balaban J connectivity index is -0.000000180. The summed E-state index contributed by atoms with van der Waals surface area (Å²) in [6.07, 6.45) is 0.333. The molecular weight excluding hydrogens is 303 g/mol. The zero-order chi connectivity index (χ0) is 11.7. The van der Waals surface area contributed by atoms with Crippen LogP contribution in [0.3, 0.4) is 0 Å². The first-order chi connectivity index (χ1) is 6.25. The number of hydrogen-bond acceptors (Lipinski definition) is 4. The van der Waals surface area contributed by atoms with E-state index in [4.69, 9.17) is 0 Å². The zero-order valence-electron chi connectivity index (χ0n) is 9.70. The van der Waals surface area contributed by atoms with Crippen LogP contribution in [0.5, 0.6) is 0 Å². The van der Waals surface area contributed by atoms with Gasteiger partial charge in [0.2, 0.25) is 0 Å². The second kappa shape index (κ2) is 11.8. The fraction of sp³-hybridized carbons (Fsp3) is 0.800. The van der Waals surface area contributed by atoms with Gasteiger partial charge in [0.15, 0.2) is 0 Å². The van der Waals surface area contributed by atoms with Gasteiger partial charge in [-0.05, 0) is 24.7 Å². The molecule has 0 spiro atoms. The number of carboxylic acid groups (broad SMARTS) is 2. The van der Waals surface area contributed by atoms with Gasteiger partial charge in [-0.1, -0.05) is 27.7 Å². The topological polar surface area (TPSA) is 80.3 Å². The molecule has 0 aliphatic heterocycles. The van der Waals surface area contributed by atoms with Crippen LogP contribution in [0.2, 0.25) is 0 Å². The molecule has 0 unspecified atom stereocenters. The minimum Gasteiger partial charge on any atom is -0.550 e. The van der Waals surface area contributed by atoms with Gasteiger partial charge in [0.1, 0.15) is 0 Å². The fourth-order valence-corrected chi connectivity index (χ4v) is 0.667. The Morgan fingerprint density at radius 1 is 0.867 bits per heavy atom. The van der Waals surface area contributed by atoms with E-state index in [0.717, 1.165) is 0 Å². The summed E-state index contributed by atoms with van der Waals surface area (Å²) < 4.78 is 0. The molecule has 15 heavy (non-hydrogen) atoms. The largest absolute Gasteiger partial charge is 2.00 e. The van der Waals surface area contributed by atoms with Gasteiger partial charge in [0.05, 0.1) is 0 Å². The Bertz CT molecular complexity index is 158. The first kappa shape index (κ1) is 20.2. The third-order valence-corrected chi connectivity index (χ3v) is 1.15. The smallest absolute Gasteiger partial charge is 0.550 e. The van der Waals surface area contributed by atoms with Crippen LogP contribution in [0.4, 0.5) is 0 Å². The predicted molar refractivity (Wildman–Crippen MR) is 54.7 cm³/mol. The van der Waals surface area contributed by atoms with Crippen molar-refractivity contribution < 1.29 is 19.8 Å². The number of carbonyl (C=O) groups excluding carboxylic acids is 2. The van der Waals surface area contributed by atoms with E-state index in [-0.39, 0.29) is 48.6 Å². The van der Waals surface area contributed by atoms with Crippen molar-refractivity contribution in [1.29, 1.82) is 0 Å². The molecule has 0 amide bonds. The van der Waals surface area contributed by atoms with E-state index < -0.39 is 11.9 Å². The first-order valence-electron chi connectivity index (χ1n) is 4.65. The third-order valence-electron chi connectivity index (χ3n) is 1.15. The molecule has 0 heterocycles. The maximum Gasteiger partial charge on any atom is 2.00 e.